The highest BCUT2D eigenvalue weighted by Gasteiger charge is 2.34. The van der Waals surface area contributed by atoms with Gasteiger partial charge in [0.25, 0.3) is 0 Å². The van der Waals surface area contributed by atoms with Gasteiger partial charge in [-0.3, -0.25) is 4.79 Å². The molecule has 1 aromatic heterocycles. The number of aliphatic carboxylic acids is 1. The van der Waals surface area contributed by atoms with Gasteiger partial charge >= 0.3 is 24.1 Å². The number of carboxylic acids is 1. The molecule has 0 saturated heterocycles. The number of hydrogen-bond donors (Lipinski definition) is 2. The normalized spacial score (nSPS) is 12.1. The number of benzene rings is 3. The molecule has 0 aliphatic carbocycles. The standard InChI is InChI=1S/C37H41N3O8/c1-36(2,3)47-34(44)40(35(45)48-37(4,5)6)32-29-18-17-28(22-27(29)20-21-38-32)39-31(33(42)43)26-15-12-24(13-16-26)14-19-30(41)46-23-25-10-8-7-9-11-25/h7-13,15-18,20-22,31,39H,14,19,23H2,1-6H3,(H,42,43). The Morgan fingerprint density at radius 2 is 1.44 bits per heavy atom. The second kappa shape index (κ2) is 15.0. The fourth-order valence-electron chi connectivity index (χ4n) is 4.68. The zero-order valence-electron chi connectivity index (χ0n) is 28.0. The lowest BCUT2D eigenvalue weighted by Crippen LogP contribution is -2.44. The summed E-state index contributed by atoms with van der Waals surface area (Å²) in [5.74, 6) is -1.40. The van der Waals surface area contributed by atoms with Gasteiger partial charge in [0, 0.05) is 23.7 Å². The van der Waals surface area contributed by atoms with Crippen molar-refractivity contribution in [3.05, 3.63) is 102 Å². The maximum Gasteiger partial charge on any atom is 0.425 e. The minimum Gasteiger partial charge on any atom is -0.479 e. The molecule has 252 valence electrons. The van der Waals surface area contributed by atoms with E-state index in [1.807, 2.05) is 30.3 Å². The summed E-state index contributed by atoms with van der Waals surface area (Å²) >= 11 is 0. The monoisotopic (exact) mass is 655 g/mol. The van der Waals surface area contributed by atoms with Crippen molar-refractivity contribution in [3.8, 4) is 0 Å². The molecule has 2 N–H and O–H groups in total. The van der Waals surface area contributed by atoms with Gasteiger partial charge in [-0.15, -0.1) is 0 Å². The number of aryl methyl sites for hydroxylation is 1. The van der Waals surface area contributed by atoms with Crippen LogP contribution in [0.15, 0.2) is 85.1 Å². The number of carbonyl (C=O) groups excluding carboxylic acids is 3. The fourth-order valence-corrected chi connectivity index (χ4v) is 4.68. The second-order valence-electron chi connectivity index (χ2n) is 13.2. The maximum atomic E-state index is 13.2. The van der Waals surface area contributed by atoms with Crippen molar-refractivity contribution >= 4 is 46.4 Å². The summed E-state index contributed by atoms with van der Waals surface area (Å²) in [7, 11) is 0. The van der Waals surface area contributed by atoms with Crippen LogP contribution >= 0.6 is 0 Å². The SMILES string of the molecule is CC(C)(C)OC(=O)N(C(=O)OC(C)(C)C)c1nccc2cc(NC(C(=O)O)c3ccc(CCC(=O)OCc4ccccc4)cc3)ccc12. The molecule has 0 aliphatic heterocycles. The third-order valence-corrected chi connectivity index (χ3v) is 6.84. The van der Waals surface area contributed by atoms with E-state index in [9.17, 15) is 24.3 Å². The molecule has 1 atom stereocenters. The third-order valence-electron chi connectivity index (χ3n) is 6.84. The Morgan fingerprint density at radius 3 is 2.02 bits per heavy atom. The summed E-state index contributed by atoms with van der Waals surface area (Å²) in [6, 6.07) is 22.0. The first-order valence-electron chi connectivity index (χ1n) is 15.5. The quantitative estimate of drug-likeness (QED) is 0.128. The van der Waals surface area contributed by atoms with E-state index in [-0.39, 0.29) is 24.8 Å². The molecule has 0 bridgehead atoms. The molecule has 0 spiro atoms. The molecule has 2 amide bonds. The van der Waals surface area contributed by atoms with Gasteiger partial charge < -0.3 is 24.6 Å². The Bertz CT molecular complexity index is 1730. The molecule has 0 fully saturated rings. The molecule has 1 unspecified atom stereocenters. The Kier molecular flexibility index (Phi) is 11.0. The number of anilines is 2. The summed E-state index contributed by atoms with van der Waals surface area (Å²) in [5.41, 5.74) is 0.988. The van der Waals surface area contributed by atoms with Crippen LogP contribution in [0.25, 0.3) is 10.8 Å². The average Bonchev–Trinajstić information content (AvgIpc) is 3.00. The molecule has 0 radical (unpaired) electrons. The van der Waals surface area contributed by atoms with E-state index in [1.165, 1.54) is 6.20 Å². The molecule has 11 heteroatoms. The summed E-state index contributed by atoms with van der Waals surface area (Å²) < 4.78 is 16.3. The van der Waals surface area contributed by atoms with Crippen LogP contribution in [0.5, 0.6) is 0 Å². The molecule has 4 aromatic rings. The Hall–Kier alpha value is -5.45. The van der Waals surface area contributed by atoms with E-state index in [4.69, 9.17) is 14.2 Å². The van der Waals surface area contributed by atoms with Crippen molar-refractivity contribution in [1.29, 1.82) is 0 Å². The van der Waals surface area contributed by atoms with Crippen LogP contribution in [0.3, 0.4) is 0 Å². The van der Waals surface area contributed by atoms with Crippen LogP contribution in [0.2, 0.25) is 0 Å². The zero-order chi connectivity index (χ0) is 35.1. The maximum absolute atomic E-state index is 13.2. The van der Waals surface area contributed by atoms with E-state index in [1.54, 1.807) is 90.1 Å². The molecule has 0 saturated carbocycles. The molecule has 3 aromatic carbocycles. The van der Waals surface area contributed by atoms with Crippen molar-refractivity contribution in [1.82, 2.24) is 4.98 Å². The largest absolute Gasteiger partial charge is 0.479 e. The first-order valence-corrected chi connectivity index (χ1v) is 15.5. The fraction of sp³-hybridized carbons (Fsp3) is 0.324. The Balaban J connectivity index is 1.50. The minimum atomic E-state index is -1.09. The van der Waals surface area contributed by atoms with Crippen LogP contribution in [0.4, 0.5) is 21.1 Å². The van der Waals surface area contributed by atoms with E-state index < -0.39 is 35.4 Å². The number of carboxylic acid groups (broad SMARTS) is 1. The van der Waals surface area contributed by atoms with Crippen molar-refractivity contribution in [2.24, 2.45) is 0 Å². The number of esters is 1. The van der Waals surface area contributed by atoms with Gasteiger partial charge in [-0.1, -0.05) is 54.6 Å². The topological polar surface area (TPSA) is 144 Å². The molecule has 0 aliphatic rings. The van der Waals surface area contributed by atoms with E-state index in [0.29, 0.717) is 28.4 Å². The van der Waals surface area contributed by atoms with Gasteiger partial charge in [-0.25, -0.2) is 19.4 Å². The molecule has 11 nitrogen and oxygen atoms in total. The number of carbonyl (C=O) groups is 4. The van der Waals surface area contributed by atoms with Crippen molar-refractivity contribution in [2.45, 2.75) is 78.2 Å². The van der Waals surface area contributed by atoms with Crippen LogP contribution in [-0.4, -0.2) is 45.4 Å². The molecular formula is C37H41N3O8. The van der Waals surface area contributed by atoms with Gasteiger partial charge in [0.1, 0.15) is 17.8 Å². The Morgan fingerprint density at radius 1 is 0.812 bits per heavy atom. The van der Waals surface area contributed by atoms with E-state index in [2.05, 4.69) is 10.3 Å². The number of hydrogen-bond acceptors (Lipinski definition) is 9. The molecular weight excluding hydrogens is 614 g/mol. The van der Waals surface area contributed by atoms with Crippen molar-refractivity contribution < 1.29 is 38.5 Å². The predicted molar refractivity (Wildman–Crippen MR) is 182 cm³/mol. The van der Waals surface area contributed by atoms with E-state index in [0.717, 1.165) is 16.0 Å². The number of ether oxygens (including phenoxy) is 3. The first kappa shape index (κ1) is 35.4. The number of amides is 2. The molecule has 48 heavy (non-hydrogen) atoms. The highest BCUT2D eigenvalue weighted by molar-refractivity contribution is 6.14. The Labute approximate surface area is 279 Å². The van der Waals surface area contributed by atoms with Gasteiger partial charge in [0.2, 0.25) is 0 Å². The number of rotatable bonds is 10. The summed E-state index contributed by atoms with van der Waals surface area (Å²) in [5, 5.41) is 14.2. The van der Waals surface area contributed by atoms with Crippen LogP contribution in [-0.2, 0) is 36.8 Å². The average molecular weight is 656 g/mol. The van der Waals surface area contributed by atoms with Gasteiger partial charge in [0.05, 0.1) is 0 Å². The van der Waals surface area contributed by atoms with Crippen LogP contribution in [0, 0.1) is 0 Å². The number of nitrogens with one attached hydrogen (secondary N) is 1. The minimum absolute atomic E-state index is 0.0110. The van der Waals surface area contributed by atoms with Gasteiger partial charge in [0.15, 0.2) is 11.9 Å². The summed E-state index contributed by atoms with van der Waals surface area (Å²) in [4.78, 5) is 56.1. The third kappa shape index (κ3) is 10.0. The lowest BCUT2D eigenvalue weighted by Gasteiger charge is -2.28. The van der Waals surface area contributed by atoms with Crippen molar-refractivity contribution in [3.63, 3.8) is 0 Å². The van der Waals surface area contributed by atoms with Crippen LogP contribution < -0.4 is 10.2 Å². The predicted octanol–water partition coefficient (Wildman–Crippen LogP) is 7.83. The lowest BCUT2D eigenvalue weighted by molar-refractivity contribution is -0.145. The highest BCUT2D eigenvalue weighted by Crippen LogP contribution is 2.31. The van der Waals surface area contributed by atoms with Gasteiger partial charge in [-0.05, 0) is 94.3 Å². The smallest absolute Gasteiger partial charge is 0.425 e. The number of nitrogens with zero attached hydrogens (tertiary/aromatic N) is 2. The van der Waals surface area contributed by atoms with Crippen molar-refractivity contribution in [2.75, 3.05) is 10.2 Å². The zero-order valence-corrected chi connectivity index (χ0v) is 28.0. The highest BCUT2D eigenvalue weighted by atomic mass is 16.6. The summed E-state index contributed by atoms with van der Waals surface area (Å²) in [6.45, 7) is 10.3. The van der Waals surface area contributed by atoms with Gasteiger partial charge in [-0.2, -0.15) is 4.90 Å². The summed E-state index contributed by atoms with van der Waals surface area (Å²) in [6.07, 6.45) is 0.187. The first-order chi connectivity index (χ1) is 22.6. The number of imide groups is 1. The number of aromatic nitrogens is 1. The second-order valence-corrected chi connectivity index (χ2v) is 13.2. The molecule has 1 heterocycles. The van der Waals surface area contributed by atoms with E-state index >= 15 is 0 Å². The molecule has 4 rings (SSSR count). The van der Waals surface area contributed by atoms with Crippen LogP contribution in [0.1, 0.15) is 70.7 Å². The lowest BCUT2D eigenvalue weighted by atomic mass is 10.0. The number of pyridine rings is 1. The number of fused-ring (bicyclic) bond motifs is 1.